The summed E-state index contributed by atoms with van der Waals surface area (Å²) in [5.41, 5.74) is 1.82. The smallest absolute Gasteiger partial charge is 1.00 e. The van der Waals surface area contributed by atoms with Gasteiger partial charge < -0.3 is 34.0 Å². The zero-order valence-electron chi connectivity index (χ0n) is 9.70. The van der Waals surface area contributed by atoms with Gasteiger partial charge in [-0.15, -0.1) is 0 Å². The van der Waals surface area contributed by atoms with Gasteiger partial charge in [-0.25, -0.2) is 0 Å². The second-order valence-electron chi connectivity index (χ2n) is 4.63. The molecule has 3 heteroatoms. The molecule has 0 aliphatic heterocycles. The maximum atomic E-state index is 2.43. The Balaban J connectivity index is 0.000000722. The third-order valence-electron chi connectivity index (χ3n) is 3.65. The fourth-order valence-corrected chi connectivity index (χ4v) is 6.99. The summed E-state index contributed by atoms with van der Waals surface area (Å²) in [5, 5.41) is 0. The molecule has 3 aliphatic rings. The van der Waals surface area contributed by atoms with Crippen LogP contribution in [0.2, 0.25) is 3.63 Å². The van der Waals surface area contributed by atoms with Crippen molar-refractivity contribution in [1.29, 1.82) is 0 Å². The van der Waals surface area contributed by atoms with E-state index >= 15 is 0 Å². The zero-order valence-corrected chi connectivity index (χ0v) is 15.3. The van der Waals surface area contributed by atoms with Crippen LogP contribution in [0.5, 0.6) is 0 Å². The molecule has 0 radical (unpaired) electrons. The van der Waals surface area contributed by atoms with Crippen molar-refractivity contribution in [3.8, 4) is 0 Å². The summed E-state index contributed by atoms with van der Waals surface area (Å²) in [7, 11) is 0. The quantitative estimate of drug-likeness (QED) is 0.471. The molecule has 0 aromatic carbocycles. The first-order valence-corrected chi connectivity index (χ1v) is 8.57. The Bertz CT molecular complexity index is 380. The van der Waals surface area contributed by atoms with Gasteiger partial charge in [-0.1, -0.05) is 0 Å². The number of allylic oxidation sites excluding steroid dienone is 8. The van der Waals surface area contributed by atoms with Gasteiger partial charge in [0.05, 0.1) is 0 Å². The summed E-state index contributed by atoms with van der Waals surface area (Å²) in [6, 6.07) is 0. The summed E-state index contributed by atoms with van der Waals surface area (Å²) >= 11 is -0.299. The Kier molecular flexibility index (Phi) is 6.91. The van der Waals surface area contributed by atoms with E-state index in [4.69, 9.17) is 0 Å². The molecule has 2 unspecified atom stereocenters. The number of rotatable bonds is 2. The molecule has 0 bridgehead atoms. The Labute approximate surface area is 136 Å². The van der Waals surface area contributed by atoms with Crippen LogP contribution in [-0.2, 0) is 23.2 Å². The predicted molar refractivity (Wildman–Crippen MR) is 60.2 cm³/mol. The Morgan fingerprint density at radius 1 is 1.00 bits per heavy atom. The van der Waals surface area contributed by atoms with Gasteiger partial charge in [0.25, 0.3) is 0 Å². The van der Waals surface area contributed by atoms with E-state index in [2.05, 4.69) is 36.5 Å². The van der Waals surface area contributed by atoms with Gasteiger partial charge in [0.15, 0.2) is 0 Å². The van der Waals surface area contributed by atoms with Crippen LogP contribution in [0, 0.1) is 5.92 Å². The van der Waals surface area contributed by atoms with E-state index in [1.165, 1.54) is 25.7 Å². The molecule has 3 aliphatic carbocycles. The summed E-state index contributed by atoms with van der Waals surface area (Å²) in [6.07, 6.45) is 19.5. The first-order chi connectivity index (χ1) is 7.43. The Morgan fingerprint density at radius 3 is 2.59 bits per heavy atom. The minimum atomic E-state index is -0.299. The molecular formula is C14H16Br2Zr. The number of hydrogen-bond acceptors (Lipinski definition) is 0. The minimum Gasteiger partial charge on any atom is -1.00 e. The Hall–Kier alpha value is 0.803. The van der Waals surface area contributed by atoms with Crippen LogP contribution >= 0.6 is 0 Å². The van der Waals surface area contributed by atoms with E-state index in [0.29, 0.717) is 0 Å². The minimum absolute atomic E-state index is 0. The van der Waals surface area contributed by atoms with Crippen molar-refractivity contribution in [2.24, 2.45) is 5.92 Å². The van der Waals surface area contributed by atoms with Crippen LogP contribution in [-0.4, -0.2) is 0 Å². The molecule has 3 rings (SSSR count). The molecule has 0 aromatic rings. The average molecular weight is 435 g/mol. The summed E-state index contributed by atoms with van der Waals surface area (Å²) in [5.74, 6) is 0.927. The largest absolute Gasteiger partial charge is 1.00 e. The predicted octanol–water partition coefficient (Wildman–Crippen LogP) is -1.99. The molecule has 0 spiro atoms. The first kappa shape index (κ1) is 15.9. The monoisotopic (exact) mass is 432 g/mol. The van der Waals surface area contributed by atoms with E-state index < -0.39 is 0 Å². The number of fused-ring (bicyclic) bond motifs is 1. The van der Waals surface area contributed by atoms with Gasteiger partial charge in [-0.05, 0) is 0 Å². The van der Waals surface area contributed by atoms with Crippen LogP contribution < -0.4 is 34.0 Å². The summed E-state index contributed by atoms with van der Waals surface area (Å²) < 4.78 is 2.83. The van der Waals surface area contributed by atoms with Gasteiger partial charge >= 0.3 is 104 Å². The van der Waals surface area contributed by atoms with Crippen LogP contribution in [0.25, 0.3) is 0 Å². The van der Waals surface area contributed by atoms with Gasteiger partial charge in [0.2, 0.25) is 0 Å². The molecule has 0 aromatic heterocycles. The van der Waals surface area contributed by atoms with Gasteiger partial charge in [0, 0.05) is 0 Å². The molecular weight excluding hydrogens is 419 g/mol. The number of hydrogen-bond donors (Lipinski definition) is 0. The molecule has 17 heavy (non-hydrogen) atoms. The molecule has 2 atom stereocenters. The van der Waals surface area contributed by atoms with Gasteiger partial charge in [-0.2, -0.15) is 0 Å². The SMILES string of the molecule is C1=CC[C]([Zr+2][CH]2CCC3CC=CC=C32)=C1.[Br-].[Br-]. The standard InChI is InChI=1S/C9H11.C5H5.2BrH.Zr/c1-2-5-9-7-3-6-8(9)4-1;1-2-4-5-3-1;;;/h1-2,4,6,9H,3,5,7H2;1-3H,4H2;2*1H;/q;;;;+2/p-2. The van der Waals surface area contributed by atoms with E-state index in [1.54, 1.807) is 3.28 Å². The molecule has 0 nitrogen and oxygen atoms in total. The van der Waals surface area contributed by atoms with E-state index in [0.717, 1.165) is 9.54 Å². The van der Waals surface area contributed by atoms with Crippen LogP contribution in [0.3, 0.4) is 0 Å². The van der Waals surface area contributed by atoms with E-state index in [9.17, 15) is 0 Å². The first-order valence-electron chi connectivity index (χ1n) is 5.92. The molecule has 0 amide bonds. The second kappa shape index (κ2) is 7.41. The molecule has 90 valence electrons. The van der Waals surface area contributed by atoms with Crippen LogP contribution in [0.1, 0.15) is 25.7 Å². The third kappa shape index (κ3) is 3.64. The Morgan fingerprint density at radius 2 is 1.82 bits per heavy atom. The maximum Gasteiger partial charge on any atom is -1.00 e. The average Bonchev–Trinajstić information content (AvgIpc) is 2.89. The molecule has 0 heterocycles. The fourth-order valence-electron chi connectivity index (χ4n) is 2.85. The van der Waals surface area contributed by atoms with Gasteiger partial charge in [-0.3, -0.25) is 0 Å². The zero-order chi connectivity index (χ0) is 10.1. The van der Waals surface area contributed by atoms with Crippen LogP contribution in [0.4, 0.5) is 0 Å². The molecule has 0 N–H and O–H groups in total. The van der Waals surface area contributed by atoms with Crippen molar-refractivity contribution in [2.75, 3.05) is 0 Å². The van der Waals surface area contributed by atoms with Crippen molar-refractivity contribution in [3.63, 3.8) is 0 Å². The van der Waals surface area contributed by atoms with Gasteiger partial charge in [0.1, 0.15) is 0 Å². The molecule has 1 fully saturated rings. The topological polar surface area (TPSA) is 0 Å². The molecule has 1 saturated carbocycles. The summed E-state index contributed by atoms with van der Waals surface area (Å²) in [6.45, 7) is 0. The summed E-state index contributed by atoms with van der Waals surface area (Å²) in [4.78, 5) is 0. The second-order valence-corrected chi connectivity index (χ2v) is 8.63. The van der Waals surface area contributed by atoms with Crippen molar-refractivity contribution in [3.05, 3.63) is 45.3 Å². The van der Waals surface area contributed by atoms with Crippen molar-refractivity contribution in [2.45, 2.75) is 29.3 Å². The maximum absolute atomic E-state index is 2.43. The normalized spacial score (nSPS) is 28.5. The van der Waals surface area contributed by atoms with Crippen molar-refractivity contribution >= 4 is 0 Å². The molecule has 0 saturated heterocycles. The van der Waals surface area contributed by atoms with E-state index in [-0.39, 0.29) is 57.2 Å². The van der Waals surface area contributed by atoms with Crippen molar-refractivity contribution in [1.82, 2.24) is 0 Å². The van der Waals surface area contributed by atoms with Crippen LogP contribution in [0.15, 0.2) is 45.3 Å². The number of halogens is 2. The van der Waals surface area contributed by atoms with Crippen molar-refractivity contribution < 1.29 is 57.2 Å². The fraction of sp³-hybridized carbons (Fsp3) is 0.429. The van der Waals surface area contributed by atoms with E-state index in [1.807, 2.05) is 5.57 Å². The third-order valence-corrected chi connectivity index (χ3v) is 7.86.